The second-order valence-corrected chi connectivity index (χ2v) is 5.59. The van der Waals surface area contributed by atoms with E-state index in [1.54, 1.807) is 0 Å². The summed E-state index contributed by atoms with van der Waals surface area (Å²) in [6, 6.07) is 2.61. The number of hydrogen-bond donors (Lipinski definition) is 1. The van der Waals surface area contributed by atoms with Crippen LogP contribution in [0.2, 0.25) is 10.0 Å². The maximum Gasteiger partial charge on any atom is 0.272 e. The zero-order valence-corrected chi connectivity index (χ0v) is 13.0. The van der Waals surface area contributed by atoms with Gasteiger partial charge in [0.15, 0.2) is 0 Å². The van der Waals surface area contributed by atoms with Gasteiger partial charge in [0.2, 0.25) is 0 Å². The Kier molecular flexibility index (Phi) is 6.05. The van der Waals surface area contributed by atoms with Gasteiger partial charge < -0.3 is 10.1 Å². The molecule has 0 spiro atoms. The summed E-state index contributed by atoms with van der Waals surface area (Å²) in [5, 5.41) is 14.4. The molecule has 1 N–H and O–H groups in total. The van der Waals surface area contributed by atoms with Crippen molar-refractivity contribution in [2.45, 2.75) is 6.42 Å². The third kappa shape index (κ3) is 4.71. The molecular weight excluding hydrogens is 317 g/mol. The van der Waals surface area contributed by atoms with Gasteiger partial charge in [-0.2, -0.15) is 0 Å². The molecule has 0 radical (unpaired) electrons. The van der Waals surface area contributed by atoms with Crippen molar-refractivity contribution in [1.82, 2.24) is 4.90 Å². The first-order valence-corrected chi connectivity index (χ1v) is 7.51. The van der Waals surface area contributed by atoms with Gasteiger partial charge in [-0.05, 0) is 13.0 Å². The van der Waals surface area contributed by atoms with Gasteiger partial charge in [0, 0.05) is 31.8 Å². The lowest BCUT2D eigenvalue weighted by Gasteiger charge is -2.26. The summed E-state index contributed by atoms with van der Waals surface area (Å²) in [5.41, 5.74) is 0.440. The number of anilines is 1. The Labute approximate surface area is 133 Å². The van der Waals surface area contributed by atoms with Crippen molar-refractivity contribution in [3.05, 3.63) is 32.3 Å². The van der Waals surface area contributed by atoms with E-state index in [1.807, 2.05) is 0 Å². The van der Waals surface area contributed by atoms with Crippen LogP contribution >= 0.6 is 23.2 Å². The van der Waals surface area contributed by atoms with E-state index < -0.39 is 4.92 Å². The van der Waals surface area contributed by atoms with E-state index in [-0.39, 0.29) is 15.7 Å². The fourth-order valence-electron chi connectivity index (χ4n) is 2.17. The number of benzene rings is 1. The zero-order valence-electron chi connectivity index (χ0n) is 11.5. The summed E-state index contributed by atoms with van der Waals surface area (Å²) in [7, 11) is 0. The molecule has 6 nitrogen and oxygen atoms in total. The predicted octanol–water partition coefficient (Wildman–Crippen LogP) is 3.04. The second kappa shape index (κ2) is 7.79. The molecule has 0 bridgehead atoms. The van der Waals surface area contributed by atoms with E-state index in [0.29, 0.717) is 12.2 Å². The molecule has 1 aliphatic rings. The molecule has 1 saturated heterocycles. The van der Waals surface area contributed by atoms with E-state index in [4.69, 9.17) is 27.9 Å². The summed E-state index contributed by atoms with van der Waals surface area (Å²) < 4.78 is 5.29. The van der Waals surface area contributed by atoms with Gasteiger partial charge in [0.1, 0.15) is 0 Å². The van der Waals surface area contributed by atoms with Crippen LogP contribution in [0, 0.1) is 10.1 Å². The summed E-state index contributed by atoms with van der Waals surface area (Å²) >= 11 is 12.1. The average molecular weight is 334 g/mol. The smallest absolute Gasteiger partial charge is 0.272 e. The Bertz CT molecular complexity index is 484. The van der Waals surface area contributed by atoms with Gasteiger partial charge >= 0.3 is 0 Å². The maximum atomic E-state index is 10.7. The Morgan fingerprint density at radius 2 is 1.90 bits per heavy atom. The van der Waals surface area contributed by atoms with E-state index in [2.05, 4.69) is 10.2 Å². The first-order chi connectivity index (χ1) is 10.1. The van der Waals surface area contributed by atoms with Crippen LogP contribution in [-0.4, -0.2) is 49.2 Å². The molecule has 1 aliphatic heterocycles. The van der Waals surface area contributed by atoms with Gasteiger partial charge in [-0.3, -0.25) is 15.0 Å². The fourth-order valence-corrected chi connectivity index (χ4v) is 2.78. The molecule has 0 saturated carbocycles. The molecular formula is C13H17Cl2N3O3. The van der Waals surface area contributed by atoms with E-state index in [0.717, 1.165) is 39.3 Å². The number of non-ortho nitro benzene ring substituents is 1. The Morgan fingerprint density at radius 3 is 2.48 bits per heavy atom. The monoisotopic (exact) mass is 333 g/mol. The van der Waals surface area contributed by atoms with Crippen molar-refractivity contribution in [3.8, 4) is 0 Å². The lowest BCUT2D eigenvalue weighted by atomic mass is 10.2. The number of ether oxygens (including phenoxy) is 1. The number of nitrogens with one attached hydrogen (secondary N) is 1. The van der Waals surface area contributed by atoms with Gasteiger partial charge in [-0.1, -0.05) is 23.2 Å². The van der Waals surface area contributed by atoms with Crippen LogP contribution in [0.15, 0.2) is 12.1 Å². The largest absolute Gasteiger partial charge is 0.383 e. The Balaban J connectivity index is 1.84. The summed E-state index contributed by atoms with van der Waals surface area (Å²) in [6.45, 7) is 5.16. The third-order valence-electron chi connectivity index (χ3n) is 3.29. The number of nitro groups is 1. The number of rotatable bonds is 6. The number of hydrogen-bond acceptors (Lipinski definition) is 5. The van der Waals surface area contributed by atoms with Crippen LogP contribution in [0.1, 0.15) is 6.42 Å². The predicted molar refractivity (Wildman–Crippen MR) is 83.5 cm³/mol. The molecule has 1 fully saturated rings. The lowest BCUT2D eigenvalue weighted by Crippen LogP contribution is -2.37. The number of nitro benzene ring substituents is 1. The van der Waals surface area contributed by atoms with Gasteiger partial charge in [-0.25, -0.2) is 0 Å². The highest BCUT2D eigenvalue weighted by Crippen LogP contribution is 2.34. The van der Waals surface area contributed by atoms with E-state index in [1.165, 1.54) is 12.1 Å². The molecule has 0 atom stereocenters. The van der Waals surface area contributed by atoms with Crippen molar-refractivity contribution >= 4 is 34.6 Å². The number of halogens is 2. The molecule has 1 aromatic carbocycles. The highest BCUT2D eigenvalue weighted by molar-refractivity contribution is 6.39. The topological polar surface area (TPSA) is 67.6 Å². The highest BCUT2D eigenvalue weighted by Gasteiger charge is 2.14. The van der Waals surface area contributed by atoms with Crippen LogP contribution in [0.4, 0.5) is 11.4 Å². The first kappa shape index (κ1) is 16.3. The van der Waals surface area contributed by atoms with Crippen LogP contribution in [-0.2, 0) is 4.74 Å². The maximum absolute atomic E-state index is 10.7. The molecule has 1 heterocycles. The van der Waals surface area contributed by atoms with Gasteiger partial charge in [-0.15, -0.1) is 0 Å². The SMILES string of the molecule is O=[N+]([O-])c1cc(Cl)c(NCCCN2CCOCC2)c(Cl)c1. The molecule has 2 rings (SSSR count). The standard InChI is InChI=1S/C13H17Cl2N3O3/c14-11-8-10(18(19)20)9-12(15)13(11)16-2-1-3-17-4-6-21-7-5-17/h8-9,16H,1-7H2. The Hall–Kier alpha value is -1.08. The fraction of sp³-hybridized carbons (Fsp3) is 0.538. The van der Waals surface area contributed by atoms with Crippen LogP contribution in [0.3, 0.4) is 0 Å². The quantitative estimate of drug-likeness (QED) is 0.492. The minimum absolute atomic E-state index is 0.108. The Morgan fingerprint density at radius 1 is 1.29 bits per heavy atom. The van der Waals surface area contributed by atoms with Crippen molar-refractivity contribution in [2.75, 3.05) is 44.7 Å². The third-order valence-corrected chi connectivity index (χ3v) is 3.89. The molecule has 116 valence electrons. The minimum atomic E-state index is -0.514. The molecule has 0 aromatic heterocycles. The molecule has 0 amide bonds. The van der Waals surface area contributed by atoms with Crippen LogP contribution in [0.5, 0.6) is 0 Å². The first-order valence-electron chi connectivity index (χ1n) is 6.75. The molecule has 1 aromatic rings. The normalized spacial score (nSPS) is 15.9. The minimum Gasteiger partial charge on any atom is -0.383 e. The van der Waals surface area contributed by atoms with Crippen LogP contribution < -0.4 is 5.32 Å². The van der Waals surface area contributed by atoms with Crippen molar-refractivity contribution < 1.29 is 9.66 Å². The van der Waals surface area contributed by atoms with Gasteiger partial charge in [0.05, 0.1) is 33.9 Å². The van der Waals surface area contributed by atoms with E-state index in [9.17, 15) is 10.1 Å². The molecule has 0 aliphatic carbocycles. The van der Waals surface area contributed by atoms with Crippen molar-refractivity contribution in [1.29, 1.82) is 0 Å². The average Bonchev–Trinajstić information content (AvgIpc) is 2.46. The number of morpholine rings is 1. The molecule has 0 unspecified atom stereocenters. The highest BCUT2D eigenvalue weighted by atomic mass is 35.5. The summed E-state index contributed by atoms with van der Waals surface area (Å²) in [6.07, 6.45) is 0.934. The van der Waals surface area contributed by atoms with Gasteiger partial charge in [0.25, 0.3) is 5.69 Å². The number of nitrogens with zero attached hydrogens (tertiary/aromatic N) is 2. The summed E-state index contributed by atoms with van der Waals surface area (Å²) in [4.78, 5) is 12.5. The zero-order chi connectivity index (χ0) is 15.2. The van der Waals surface area contributed by atoms with Crippen LogP contribution in [0.25, 0.3) is 0 Å². The lowest BCUT2D eigenvalue weighted by molar-refractivity contribution is -0.384. The molecule has 8 heteroatoms. The van der Waals surface area contributed by atoms with E-state index >= 15 is 0 Å². The van der Waals surface area contributed by atoms with Crippen molar-refractivity contribution in [3.63, 3.8) is 0 Å². The second-order valence-electron chi connectivity index (χ2n) is 4.78. The van der Waals surface area contributed by atoms with Crippen molar-refractivity contribution in [2.24, 2.45) is 0 Å². The molecule has 21 heavy (non-hydrogen) atoms. The summed E-state index contributed by atoms with van der Waals surface area (Å²) in [5.74, 6) is 0.